The van der Waals surface area contributed by atoms with Gasteiger partial charge in [-0.1, -0.05) is 11.6 Å². The Morgan fingerprint density at radius 1 is 1.10 bits per heavy atom. The van der Waals surface area contributed by atoms with E-state index in [2.05, 4.69) is 19.9 Å². The van der Waals surface area contributed by atoms with E-state index in [1.165, 1.54) is 0 Å². The number of fused-ring (bicyclic) bond motifs is 1. The van der Waals surface area contributed by atoms with Gasteiger partial charge in [-0.25, -0.2) is 15.0 Å². The summed E-state index contributed by atoms with van der Waals surface area (Å²) in [4.78, 5) is 32.7. The van der Waals surface area contributed by atoms with Crippen LogP contribution in [0.4, 0.5) is 5.82 Å². The highest BCUT2D eigenvalue weighted by molar-refractivity contribution is 6.31. The summed E-state index contributed by atoms with van der Waals surface area (Å²) in [5.74, 6) is 0.833. The first-order chi connectivity index (χ1) is 14.9. The van der Waals surface area contributed by atoms with Gasteiger partial charge in [-0.3, -0.25) is 9.78 Å². The zero-order chi connectivity index (χ0) is 22.0. The first-order valence-electron chi connectivity index (χ1n) is 9.78. The van der Waals surface area contributed by atoms with Gasteiger partial charge in [0.1, 0.15) is 11.6 Å². The van der Waals surface area contributed by atoms with Gasteiger partial charge < -0.3 is 10.6 Å². The van der Waals surface area contributed by atoms with Gasteiger partial charge in [0, 0.05) is 29.5 Å². The van der Waals surface area contributed by atoms with Crippen molar-refractivity contribution in [2.75, 3.05) is 5.73 Å². The number of carbonyl (C=O) groups excluding carboxylic acids is 1. The van der Waals surface area contributed by atoms with Crippen molar-refractivity contribution in [3.05, 3.63) is 88.7 Å². The topological polar surface area (TPSA) is 97.9 Å². The molecule has 3 heterocycles. The van der Waals surface area contributed by atoms with Crippen molar-refractivity contribution in [1.82, 2.24) is 24.8 Å². The number of benzene rings is 1. The smallest absolute Gasteiger partial charge is 0.254 e. The van der Waals surface area contributed by atoms with Crippen LogP contribution in [0.15, 0.2) is 61.1 Å². The molecule has 4 aromatic rings. The first-order valence-corrected chi connectivity index (χ1v) is 10.2. The van der Waals surface area contributed by atoms with Crippen LogP contribution in [-0.2, 0) is 6.54 Å². The van der Waals surface area contributed by atoms with Gasteiger partial charge in [0.2, 0.25) is 0 Å². The average molecular weight is 433 g/mol. The van der Waals surface area contributed by atoms with Crippen LogP contribution in [0.2, 0.25) is 5.02 Å². The molecule has 0 aliphatic heterocycles. The second kappa shape index (κ2) is 8.65. The largest absolute Gasteiger partial charge is 0.383 e. The van der Waals surface area contributed by atoms with Crippen molar-refractivity contribution in [2.24, 2.45) is 0 Å². The number of aromatic nitrogens is 4. The summed E-state index contributed by atoms with van der Waals surface area (Å²) in [6.07, 6.45) is 4.97. The number of aryl methyl sites for hydroxylation is 1. The third kappa shape index (κ3) is 4.32. The van der Waals surface area contributed by atoms with Crippen molar-refractivity contribution in [1.29, 1.82) is 0 Å². The number of halogens is 1. The number of pyridine rings is 2. The van der Waals surface area contributed by atoms with Crippen LogP contribution in [0, 0.1) is 6.92 Å². The quantitative estimate of drug-likeness (QED) is 0.503. The predicted molar refractivity (Wildman–Crippen MR) is 120 cm³/mol. The SMILES string of the molecule is Cc1cc2cc(C(=O)N(Cc3ncccc3Cl)[C@H](C)c3ncccn3)ccc2nc1N. The molecule has 0 radical (unpaired) electrons. The summed E-state index contributed by atoms with van der Waals surface area (Å²) in [7, 11) is 0. The molecule has 1 amide bonds. The molecule has 31 heavy (non-hydrogen) atoms. The summed E-state index contributed by atoms with van der Waals surface area (Å²) < 4.78 is 0. The van der Waals surface area contributed by atoms with Crippen LogP contribution in [0.3, 0.4) is 0 Å². The summed E-state index contributed by atoms with van der Waals surface area (Å²) in [5.41, 5.74) is 8.64. The monoisotopic (exact) mass is 432 g/mol. The number of nitrogen functional groups attached to an aromatic ring is 1. The van der Waals surface area contributed by atoms with E-state index >= 15 is 0 Å². The molecular formula is C23H21ClN6O. The molecule has 3 aromatic heterocycles. The molecule has 0 unspecified atom stereocenters. The molecule has 1 atom stereocenters. The second-order valence-corrected chi connectivity index (χ2v) is 7.65. The third-order valence-electron chi connectivity index (χ3n) is 5.13. The van der Waals surface area contributed by atoms with Crippen molar-refractivity contribution in [2.45, 2.75) is 26.4 Å². The predicted octanol–water partition coefficient (Wildman–Crippen LogP) is 4.37. The van der Waals surface area contributed by atoms with E-state index in [0.29, 0.717) is 27.9 Å². The molecular weight excluding hydrogens is 412 g/mol. The van der Waals surface area contributed by atoms with E-state index in [0.717, 1.165) is 16.5 Å². The van der Waals surface area contributed by atoms with Gasteiger partial charge in [0.05, 0.1) is 28.8 Å². The molecule has 156 valence electrons. The van der Waals surface area contributed by atoms with Crippen molar-refractivity contribution < 1.29 is 4.79 Å². The van der Waals surface area contributed by atoms with Gasteiger partial charge in [0.15, 0.2) is 0 Å². The minimum atomic E-state index is -0.395. The Hall–Kier alpha value is -3.58. The van der Waals surface area contributed by atoms with E-state index in [-0.39, 0.29) is 12.5 Å². The number of rotatable bonds is 5. The van der Waals surface area contributed by atoms with Crippen molar-refractivity contribution in [3.8, 4) is 0 Å². The van der Waals surface area contributed by atoms with Crippen LogP contribution >= 0.6 is 11.6 Å². The van der Waals surface area contributed by atoms with Crippen LogP contribution in [-0.4, -0.2) is 30.7 Å². The highest BCUT2D eigenvalue weighted by Crippen LogP contribution is 2.26. The van der Waals surface area contributed by atoms with Gasteiger partial charge in [-0.2, -0.15) is 0 Å². The molecule has 0 saturated heterocycles. The Bertz CT molecular complexity index is 1250. The molecule has 0 saturated carbocycles. The highest BCUT2D eigenvalue weighted by atomic mass is 35.5. The Kier molecular flexibility index (Phi) is 5.77. The number of nitrogens with zero attached hydrogens (tertiary/aromatic N) is 5. The number of hydrogen-bond acceptors (Lipinski definition) is 6. The lowest BCUT2D eigenvalue weighted by atomic mass is 10.1. The van der Waals surface area contributed by atoms with Gasteiger partial charge in [0.25, 0.3) is 5.91 Å². The number of amides is 1. The number of nitrogens with two attached hydrogens (primary N) is 1. The van der Waals surface area contributed by atoms with E-state index < -0.39 is 6.04 Å². The fourth-order valence-electron chi connectivity index (χ4n) is 3.34. The second-order valence-electron chi connectivity index (χ2n) is 7.25. The molecule has 0 aliphatic carbocycles. The van der Waals surface area contributed by atoms with E-state index in [1.807, 2.05) is 26.0 Å². The summed E-state index contributed by atoms with van der Waals surface area (Å²) in [6, 6.07) is 12.2. The van der Waals surface area contributed by atoms with Crippen LogP contribution < -0.4 is 5.73 Å². The number of anilines is 1. The maximum atomic E-state index is 13.6. The molecule has 8 heteroatoms. The lowest BCUT2D eigenvalue weighted by Crippen LogP contribution is -2.34. The molecule has 0 aliphatic rings. The lowest BCUT2D eigenvalue weighted by molar-refractivity contribution is 0.0663. The molecule has 4 rings (SSSR count). The standard InChI is InChI=1S/C23H21ClN6O/c1-14-11-17-12-16(6-7-19(17)29-21(14)25)23(31)30(13-20-18(24)5-3-8-26-20)15(2)22-27-9-4-10-28-22/h3-12,15H,13H2,1-2H3,(H2,25,29)/t15-/m1/s1. The molecule has 0 bridgehead atoms. The fourth-order valence-corrected chi connectivity index (χ4v) is 3.52. The summed E-state index contributed by atoms with van der Waals surface area (Å²) >= 11 is 6.33. The zero-order valence-corrected chi connectivity index (χ0v) is 17.9. The van der Waals surface area contributed by atoms with E-state index in [4.69, 9.17) is 17.3 Å². The lowest BCUT2D eigenvalue weighted by Gasteiger charge is -2.28. The number of carbonyl (C=O) groups is 1. The maximum absolute atomic E-state index is 13.6. The molecule has 0 fully saturated rings. The van der Waals surface area contributed by atoms with E-state index in [1.54, 1.807) is 53.8 Å². The van der Waals surface area contributed by atoms with Gasteiger partial charge >= 0.3 is 0 Å². The minimum absolute atomic E-state index is 0.182. The Morgan fingerprint density at radius 3 is 2.58 bits per heavy atom. The summed E-state index contributed by atoms with van der Waals surface area (Å²) in [6.45, 7) is 3.99. The van der Waals surface area contributed by atoms with Crippen molar-refractivity contribution in [3.63, 3.8) is 0 Å². The van der Waals surface area contributed by atoms with Crippen LogP contribution in [0.1, 0.15) is 40.4 Å². The Morgan fingerprint density at radius 2 is 1.84 bits per heavy atom. The average Bonchev–Trinajstić information content (AvgIpc) is 2.79. The normalized spacial score (nSPS) is 12.0. The van der Waals surface area contributed by atoms with Crippen LogP contribution in [0.5, 0.6) is 0 Å². The minimum Gasteiger partial charge on any atom is -0.383 e. The molecule has 0 spiro atoms. The van der Waals surface area contributed by atoms with E-state index in [9.17, 15) is 4.79 Å². The van der Waals surface area contributed by atoms with Gasteiger partial charge in [-0.15, -0.1) is 0 Å². The highest BCUT2D eigenvalue weighted by Gasteiger charge is 2.26. The van der Waals surface area contributed by atoms with Crippen LogP contribution in [0.25, 0.3) is 10.9 Å². The molecule has 1 aromatic carbocycles. The van der Waals surface area contributed by atoms with Gasteiger partial charge in [-0.05, 0) is 61.9 Å². The molecule has 2 N–H and O–H groups in total. The zero-order valence-electron chi connectivity index (χ0n) is 17.2. The summed E-state index contributed by atoms with van der Waals surface area (Å²) in [5, 5.41) is 1.34. The number of hydrogen-bond donors (Lipinski definition) is 1. The Labute approximate surface area is 184 Å². The maximum Gasteiger partial charge on any atom is 0.254 e. The Balaban J connectivity index is 1.75. The third-order valence-corrected chi connectivity index (χ3v) is 5.48. The van der Waals surface area contributed by atoms with Crippen molar-refractivity contribution >= 4 is 34.2 Å². The fraction of sp³-hybridized carbons (Fsp3) is 0.174. The first kappa shape index (κ1) is 20.7. The molecule has 7 nitrogen and oxygen atoms in total.